The number of anilines is 1. The van der Waals surface area contributed by atoms with Gasteiger partial charge in [0.25, 0.3) is 0 Å². The lowest BCUT2D eigenvalue weighted by molar-refractivity contribution is 0.876. The van der Waals surface area contributed by atoms with E-state index in [0.29, 0.717) is 6.04 Å². The van der Waals surface area contributed by atoms with Crippen LogP contribution in [-0.4, -0.2) is 0 Å². The van der Waals surface area contributed by atoms with Gasteiger partial charge in [0.2, 0.25) is 0 Å². The van der Waals surface area contributed by atoms with Gasteiger partial charge in [-0.25, -0.2) is 0 Å². The zero-order chi connectivity index (χ0) is 13.1. The molecule has 0 bridgehead atoms. The predicted molar refractivity (Wildman–Crippen MR) is 81.7 cm³/mol. The van der Waals surface area contributed by atoms with Crippen molar-refractivity contribution < 1.29 is 0 Å². The van der Waals surface area contributed by atoms with E-state index in [1.54, 1.807) is 0 Å². The molecular formula is C16H21NS. The molecule has 0 saturated heterocycles. The molecule has 1 N–H and O–H groups in total. The van der Waals surface area contributed by atoms with Crippen molar-refractivity contribution in [2.75, 3.05) is 5.32 Å². The van der Waals surface area contributed by atoms with E-state index in [9.17, 15) is 0 Å². The van der Waals surface area contributed by atoms with E-state index in [4.69, 9.17) is 0 Å². The number of nitrogens with one attached hydrogen (secondary N) is 1. The standard InChI is InChI=1S/C16H21NS/c1-5-14-8-6-7-9-16(14)17-12(3)15-10-11(2)18-13(15)4/h6-10,12,17H,5H2,1-4H3. The zero-order valence-electron chi connectivity index (χ0n) is 11.6. The summed E-state index contributed by atoms with van der Waals surface area (Å²) in [4.78, 5) is 2.81. The van der Waals surface area contributed by atoms with Gasteiger partial charge >= 0.3 is 0 Å². The summed E-state index contributed by atoms with van der Waals surface area (Å²) in [7, 11) is 0. The molecule has 1 nitrogen and oxygen atoms in total. The smallest absolute Gasteiger partial charge is 0.0496 e. The Labute approximate surface area is 114 Å². The third-order valence-corrected chi connectivity index (χ3v) is 4.30. The molecule has 0 saturated carbocycles. The molecule has 0 amide bonds. The van der Waals surface area contributed by atoms with E-state index in [1.807, 2.05) is 11.3 Å². The minimum atomic E-state index is 0.364. The highest BCUT2D eigenvalue weighted by Crippen LogP contribution is 2.29. The van der Waals surface area contributed by atoms with Gasteiger partial charge in [0, 0.05) is 21.5 Å². The largest absolute Gasteiger partial charge is 0.378 e. The number of aryl methyl sites for hydroxylation is 3. The molecule has 1 aromatic carbocycles. The SMILES string of the molecule is CCc1ccccc1NC(C)c1cc(C)sc1C. The van der Waals surface area contributed by atoms with Gasteiger partial charge in [0.15, 0.2) is 0 Å². The highest BCUT2D eigenvalue weighted by Gasteiger charge is 2.12. The molecule has 0 spiro atoms. The van der Waals surface area contributed by atoms with Crippen LogP contribution in [0.15, 0.2) is 30.3 Å². The van der Waals surface area contributed by atoms with Crippen LogP contribution in [0, 0.1) is 13.8 Å². The van der Waals surface area contributed by atoms with Crippen molar-refractivity contribution in [2.24, 2.45) is 0 Å². The first-order valence-corrected chi connectivity index (χ1v) is 7.34. The van der Waals surface area contributed by atoms with Crippen LogP contribution in [0.2, 0.25) is 0 Å². The average molecular weight is 259 g/mol. The number of thiophene rings is 1. The van der Waals surface area contributed by atoms with Crippen LogP contribution < -0.4 is 5.32 Å². The molecule has 1 unspecified atom stereocenters. The number of rotatable bonds is 4. The molecule has 18 heavy (non-hydrogen) atoms. The van der Waals surface area contributed by atoms with Gasteiger partial charge in [-0.3, -0.25) is 0 Å². The summed E-state index contributed by atoms with van der Waals surface area (Å²) in [6.45, 7) is 8.82. The van der Waals surface area contributed by atoms with Crippen molar-refractivity contribution in [1.82, 2.24) is 0 Å². The molecule has 96 valence electrons. The van der Waals surface area contributed by atoms with Crippen molar-refractivity contribution in [3.05, 3.63) is 51.2 Å². The summed E-state index contributed by atoms with van der Waals surface area (Å²) < 4.78 is 0. The van der Waals surface area contributed by atoms with Crippen LogP contribution in [-0.2, 0) is 6.42 Å². The highest BCUT2D eigenvalue weighted by atomic mass is 32.1. The number of hydrogen-bond acceptors (Lipinski definition) is 2. The first-order valence-electron chi connectivity index (χ1n) is 6.53. The van der Waals surface area contributed by atoms with Gasteiger partial charge in [-0.1, -0.05) is 25.1 Å². The molecule has 0 aliphatic rings. The summed E-state index contributed by atoms with van der Waals surface area (Å²) in [6, 6.07) is 11.2. The van der Waals surface area contributed by atoms with Crippen molar-refractivity contribution >= 4 is 17.0 Å². The molecule has 0 aliphatic heterocycles. The fraction of sp³-hybridized carbons (Fsp3) is 0.375. The van der Waals surface area contributed by atoms with Crippen molar-refractivity contribution in [1.29, 1.82) is 0 Å². The first-order chi connectivity index (χ1) is 8.61. The Morgan fingerprint density at radius 3 is 2.56 bits per heavy atom. The molecule has 1 aromatic heterocycles. The van der Waals surface area contributed by atoms with E-state index in [-0.39, 0.29) is 0 Å². The van der Waals surface area contributed by atoms with Crippen LogP contribution in [0.25, 0.3) is 0 Å². The molecule has 2 rings (SSSR count). The second-order valence-electron chi connectivity index (χ2n) is 4.75. The third-order valence-electron chi connectivity index (χ3n) is 3.32. The molecule has 1 atom stereocenters. The Morgan fingerprint density at radius 2 is 1.94 bits per heavy atom. The monoisotopic (exact) mass is 259 g/mol. The van der Waals surface area contributed by atoms with Crippen LogP contribution in [0.5, 0.6) is 0 Å². The van der Waals surface area contributed by atoms with Crippen molar-refractivity contribution in [2.45, 2.75) is 40.2 Å². The first kappa shape index (κ1) is 13.2. The molecule has 2 aromatic rings. The predicted octanol–water partition coefficient (Wildman–Crippen LogP) is 5.10. The summed E-state index contributed by atoms with van der Waals surface area (Å²) in [5.74, 6) is 0. The van der Waals surface area contributed by atoms with Gasteiger partial charge in [-0.05, 0) is 50.5 Å². The Morgan fingerprint density at radius 1 is 1.22 bits per heavy atom. The lowest BCUT2D eigenvalue weighted by Gasteiger charge is -2.18. The molecule has 0 fully saturated rings. The molecular weight excluding hydrogens is 238 g/mol. The maximum Gasteiger partial charge on any atom is 0.0496 e. The Kier molecular flexibility index (Phi) is 4.07. The lowest BCUT2D eigenvalue weighted by atomic mass is 10.1. The maximum atomic E-state index is 3.64. The van der Waals surface area contributed by atoms with Crippen molar-refractivity contribution in [3.63, 3.8) is 0 Å². The quantitative estimate of drug-likeness (QED) is 0.805. The van der Waals surface area contributed by atoms with Gasteiger partial charge in [0.1, 0.15) is 0 Å². The summed E-state index contributed by atoms with van der Waals surface area (Å²) in [5.41, 5.74) is 4.06. The average Bonchev–Trinajstić information content (AvgIpc) is 2.69. The Bertz CT molecular complexity index is 528. The maximum absolute atomic E-state index is 3.64. The van der Waals surface area contributed by atoms with E-state index >= 15 is 0 Å². The molecule has 0 aliphatic carbocycles. The summed E-state index contributed by atoms with van der Waals surface area (Å²) in [5, 5.41) is 3.64. The number of benzene rings is 1. The van der Waals surface area contributed by atoms with Crippen LogP contribution in [0.4, 0.5) is 5.69 Å². The topological polar surface area (TPSA) is 12.0 Å². The van der Waals surface area contributed by atoms with E-state index in [0.717, 1.165) is 6.42 Å². The third kappa shape index (κ3) is 2.75. The van der Waals surface area contributed by atoms with Gasteiger partial charge < -0.3 is 5.32 Å². The zero-order valence-corrected chi connectivity index (χ0v) is 12.4. The normalized spacial score (nSPS) is 12.4. The second-order valence-corrected chi connectivity index (χ2v) is 6.21. The fourth-order valence-electron chi connectivity index (χ4n) is 2.36. The fourth-order valence-corrected chi connectivity index (χ4v) is 3.38. The van der Waals surface area contributed by atoms with Gasteiger partial charge in [-0.15, -0.1) is 11.3 Å². The lowest BCUT2D eigenvalue weighted by Crippen LogP contribution is -2.08. The van der Waals surface area contributed by atoms with E-state index in [1.165, 1.54) is 26.6 Å². The van der Waals surface area contributed by atoms with E-state index in [2.05, 4.69) is 63.3 Å². The number of para-hydroxylation sites is 1. The minimum absolute atomic E-state index is 0.364. The van der Waals surface area contributed by atoms with Crippen LogP contribution in [0.1, 0.15) is 40.8 Å². The van der Waals surface area contributed by atoms with Crippen molar-refractivity contribution in [3.8, 4) is 0 Å². The molecule has 2 heteroatoms. The van der Waals surface area contributed by atoms with Gasteiger partial charge in [-0.2, -0.15) is 0 Å². The van der Waals surface area contributed by atoms with E-state index < -0.39 is 0 Å². The van der Waals surface area contributed by atoms with Crippen LogP contribution in [0.3, 0.4) is 0 Å². The second kappa shape index (κ2) is 5.57. The molecule has 0 radical (unpaired) electrons. The number of hydrogen-bond donors (Lipinski definition) is 1. The minimum Gasteiger partial charge on any atom is -0.378 e. The molecule has 1 heterocycles. The summed E-state index contributed by atoms with van der Waals surface area (Å²) in [6.07, 6.45) is 1.07. The Hall–Kier alpha value is -1.28. The van der Waals surface area contributed by atoms with Crippen LogP contribution >= 0.6 is 11.3 Å². The highest BCUT2D eigenvalue weighted by molar-refractivity contribution is 7.12. The van der Waals surface area contributed by atoms with Gasteiger partial charge in [0.05, 0.1) is 0 Å². The summed E-state index contributed by atoms with van der Waals surface area (Å²) >= 11 is 1.88. The Balaban J connectivity index is 2.21.